The second kappa shape index (κ2) is 9.98. The van der Waals surface area contributed by atoms with Crippen LogP contribution in [0.3, 0.4) is 0 Å². The van der Waals surface area contributed by atoms with Crippen LogP contribution in [0.2, 0.25) is 5.02 Å². The van der Waals surface area contributed by atoms with Crippen molar-refractivity contribution in [3.8, 4) is 0 Å². The Morgan fingerprint density at radius 3 is 2.61 bits per heavy atom. The fourth-order valence-electron chi connectivity index (χ4n) is 3.97. The first-order valence-corrected chi connectivity index (χ1v) is 11.1. The summed E-state index contributed by atoms with van der Waals surface area (Å²) < 4.78 is 0. The second-order valence-electron chi connectivity index (χ2n) is 7.94. The summed E-state index contributed by atoms with van der Waals surface area (Å²) in [6, 6.07) is 20.8. The van der Waals surface area contributed by atoms with Crippen LogP contribution >= 0.6 is 11.6 Å². The highest BCUT2D eigenvalue weighted by Crippen LogP contribution is 2.37. The van der Waals surface area contributed by atoms with Gasteiger partial charge in [-0.3, -0.25) is 14.6 Å². The Labute approximate surface area is 197 Å². The molecule has 0 bridgehead atoms. The van der Waals surface area contributed by atoms with Gasteiger partial charge in [0.1, 0.15) is 5.92 Å². The van der Waals surface area contributed by atoms with E-state index in [-0.39, 0.29) is 12.3 Å². The molecule has 1 aliphatic rings. The summed E-state index contributed by atoms with van der Waals surface area (Å²) in [4.78, 5) is 29.0. The van der Waals surface area contributed by atoms with E-state index in [4.69, 9.17) is 21.7 Å². The fourth-order valence-corrected chi connectivity index (χ4v) is 4.14. The van der Waals surface area contributed by atoms with E-state index in [9.17, 15) is 9.59 Å². The highest BCUT2D eigenvalue weighted by atomic mass is 35.5. The van der Waals surface area contributed by atoms with E-state index >= 15 is 0 Å². The number of anilines is 1. The molecule has 6 nitrogen and oxygen atoms in total. The summed E-state index contributed by atoms with van der Waals surface area (Å²) in [6.07, 6.45) is 0.437. The number of amides is 1. The molecule has 0 fully saturated rings. The van der Waals surface area contributed by atoms with E-state index in [0.717, 1.165) is 34.5 Å². The van der Waals surface area contributed by atoms with Crippen LogP contribution in [0.25, 0.3) is 0 Å². The molecule has 3 N–H and O–H groups in total. The molecule has 0 saturated carbocycles. The van der Waals surface area contributed by atoms with Gasteiger partial charge in [-0.1, -0.05) is 48.0 Å². The number of aliphatic imine (C=N–C) groups is 1. The number of fused-ring (bicyclic) bond motifs is 1. The van der Waals surface area contributed by atoms with Crippen LogP contribution in [0.4, 0.5) is 11.4 Å². The number of nitrogens with one attached hydrogen (secondary N) is 2. The third-order valence-corrected chi connectivity index (χ3v) is 5.77. The molecule has 0 aliphatic carbocycles. The Morgan fingerprint density at radius 1 is 1.09 bits per heavy atom. The normalized spacial score (nSPS) is 15.3. The van der Waals surface area contributed by atoms with Gasteiger partial charge in [0.15, 0.2) is 0 Å². The Balaban J connectivity index is 1.79. The van der Waals surface area contributed by atoms with Crippen LogP contribution in [0.5, 0.6) is 0 Å². The molecular weight excluding hydrogens is 438 g/mol. The van der Waals surface area contributed by atoms with Crippen molar-refractivity contribution in [2.75, 3.05) is 12.4 Å². The third kappa shape index (κ3) is 5.30. The number of carbonyl (C=O) groups is 2. The van der Waals surface area contributed by atoms with Crippen molar-refractivity contribution in [2.24, 2.45) is 4.99 Å². The zero-order chi connectivity index (χ0) is 23.4. The molecule has 0 spiro atoms. The summed E-state index contributed by atoms with van der Waals surface area (Å²) in [5, 5.41) is 15.6. The lowest BCUT2D eigenvalue weighted by Crippen LogP contribution is -2.22. The number of nitrogens with zero attached hydrogens (tertiary/aromatic N) is 1. The number of aryl methyl sites for hydroxylation is 1. The summed E-state index contributed by atoms with van der Waals surface area (Å²) in [7, 11) is 1.89. The first kappa shape index (κ1) is 22.7. The van der Waals surface area contributed by atoms with Crippen LogP contribution in [-0.4, -0.2) is 29.7 Å². The third-order valence-electron chi connectivity index (χ3n) is 5.54. The lowest BCUT2D eigenvalue weighted by Gasteiger charge is -2.15. The largest absolute Gasteiger partial charge is 0.481 e. The predicted molar refractivity (Wildman–Crippen MR) is 131 cm³/mol. The number of halogens is 1. The minimum Gasteiger partial charge on any atom is -0.481 e. The second-order valence-corrected chi connectivity index (χ2v) is 8.38. The van der Waals surface area contributed by atoms with E-state index < -0.39 is 11.9 Å². The minimum absolute atomic E-state index is 0.0358. The quantitative estimate of drug-likeness (QED) is 0.415. The topological polar surface area (TPSA) is 90.8 Å². The lowest BCUT2D eigenvalue weighted by molar-refractivity contribution is -0.137. The maximum atomic E-state index is 13.1. The van der Waals surface area contributed by atoms with Gasteiger partial charge in [0, 0.05) is 23.7 Å². The minimum atomic E-state index is -0.850. The molecule has 0 radical (unpaired) electrons. The Kier molecular flexibility index (Phi) is 6.87. The summed E-state index contributed by atoms with van der Waals surface area (Å²) in [5.41, 5.74) is 5.61. The molecule has 33 heavy (non-hydrogen) atoms. The molecule has 1 aliphatic heterocycles. The van der Waals surface area contributed by atoms with Gasteiger partial charge >= 0.3 is 5.97 Å². The van der Waals surface area contributed by atoms with Gasteiger partial charge in [0.05, 0.1) is 11.4 Å². The van der Waals surface area contributed by atoms with Crippen molar-refractivity contribution in [2.45, 2.75) is 25.3 Å². The highest BCUT2D eigenvalue weighted by Gasteiger charge is 2.35. The standard InChI is InChI=1S/C26H24ClN3O3/c1-28-15-17-5-9-20(10-6-17)29-25(18-4-2-3-16(13-18)7-12-23(31)32)24-21-11-8-19(27)14-22(21)30-26(24)33/h2-6,8-11,13-14,24,28H,7,12,15H2,1H3,(H,30,33)(H,31,32). The van der Waals surface area contributed by atoms with E-state index in [1.165, 1.54) is 0 Å². The van der Waals surface area contributed by atoms with Gasteiger partial charge in [-0.25, -0.2) is 0 Å². The van der Waals surface area contributed by atoms with Crippen LogP contribution in [0, 0.1) is 0 Å². The number of aliphatic carboxylic acids is 1. The number of hydrogen-bond acceptors (Lipinski definition) is 4. The summed E-state index contributed by atoms with van der Waals surface area (Å²) in [6.45, 7) is 0.752. The van der Waals surface area contributed by atoms with Crippen molar-refractivity contribution in [1.82, 2.24) is 5.32 Å². The monoisotopic (exact) mass is 461 g/mol. The zero-order valence-electron chi connectivity index (χ0n) is 18.1. The number of carbonyl (C=O) groups excluding carboxylic acids is 1. The number of benzene rings is 3. The Bertz CT molecular complexity index is 1220. The average Bonchev–Trinajstić information content (AvgIpc) is 3.12. The molecule has 168 valence electrons. The van der Waals surface area contributed by atoms with Crippen LogP contribution < -0.4 is 10.6 Å². The first-order chi connectivity index (χ1) is 15.9. The van der Waals surface area contributed by atoms with Crippen LogP contribution in [-0.2, 0) is 22.6 Å². The van der Waals surface area contributed by atoms with E-state index in [1.807, 2.05) is 61.6 Å². The molecular formula is C26H24ClN3O3. The maximum absolute atomic E-state index is 13.1. The lowest BCUT2D eigenvalue weighted by atomic mass is 9.89. The van der Waals surface area contributed by atoms with E-state index in [1.54, 1.807) is 12.1 Å². The molecule has 1 atom stereocenters. The zero-order valence-corrected chi connectivity index (χ0v) is 18.9. The van der Waals surface area contributed by atoms with Gasteiger partial charge in [-0.05, 0) is 66.1 Å². The van der Waals surface area contributed by atoms with Gasteiger partial charge in [-0.15, -0.1) is 0 Å². The van der Waals surface area contributed by atoms with Crippen molar-refractivity contribution >= 4 is 40.6 Å². The molecule has 1 heterocycles. The molecule has 3 aromatic rings. The molecule has 3 aromatic carbocycles. The molecule has 1 unspecified atom stereocenters. The molecule has 0 aromatic heterocycles. The Hall–Kier alpha value is -3.48. The Morgan fingerprint density at radius 2 is 1.88 bits per heavy atom. The summed E-state index contributed by atoms with van der Waals surface area (Å²) in [5.74, 6) is -1.63. The molecule has 4 rings (SSSR count). The number of carboxylic acid groups (broad SMARTS) is 1. The van der Waals surface area contributed by atoms with Gasteiger partial charge < -0.3 is 15.7 Å². The fraction of sp³-hybridized carbons (Fsp3) is 0.192. The molecule has 7 heteroatoms. The van der Waals surface area contributed by atoms with Crippen molar-refractivity contribution in [3.63, 3.8) is 0 Å². The van der Waals surface area contributed by atoms with Gasteiger partial charge in [-0.2, -0.15) is 0 Å². The van der Waals surface area contributed by atoms with Gasteiger partial charge in [0.2, 0.25) is 5.91 Å². The average molecular weight is 462 g/mol. The van der Waals surface area contributed by atoms with Crippen molar-refractivity contribution < 1.29 is 14.7 Å². The van der Waals surface area contributed by atoms with Crippen LogP contribution in [0.15, 0.2) is 71.7 Å². The predicted octanol–water partition coefficient (Wildman–Crippen LogP) is 4.93. The van der Waals surface area contributed by atoms with Gasteiger partial charge in [0.25, 0.3) is 0 Å². The van der Waals surface area contributed by atoms with E-state index in [0.29, 0.717) is 22.8 Å². The number of carboxylic acids is 1. The maximum Gasteiger partial charge on any atom is 0.303 e. The molecule has 1 amide bonds. The van der Waals surface area contributed by atoms with Crippen molar-refractivity contribution in [1.29, 1.82) is 0 Å². The summed E-state index contributed by atoms with van der Waals surface area (Å²) >= 11 is 6.13. The number of hydrogen-bond donors (Lipinski definition) is 3. The highest BCUT2D eigenvalue weighted by molar-refractivity contribution is 6.31. The van der Waals surface area contributed by atoms with Crippen LogP contribution in [0.1, 0.15) is 34.6 Å². The molecule has 0 saturated heterocycles. The first-order valence-electron chi connectivity index (χ1n) is 10.7. The van der Waals surface area contributed by atoms with E-state index in [2.05, 4.69) is 10.6 Å². The van der Waals surface area contributed by atoms with Crippen molar-refractivity contribution in [3.05, 3.63) is 94.0 Å². The number of rotatable bonds is 8. The smallest absolute Gasteiger partial charge is 0.303 e. The SMILES string of the molecule is CNCc1ccc(N=C(c2cccc(CCC(=O)O)c2)C2C(=O)Nc3cc(Cl)ccc32)cc1.